The van der Waals surface area contributed by atoms with E-state index in [4.69, 9.17) is 9.40 Å². The Morgan fingerprint density at radius 1 is 0.592 bits per heavy atom. The smallest absolute Gasteiger partial charge is 0.198 e. The summed E-state index contributed by atoms with van der Waals surface area (Å²) < 4.78 is 11.7. The third kappa shape index (κ3) is 6.42. The van der Waals surface area contributed by atoms with Gasteiger partial charge in [-0.25, -0.2) is 4.98 Å². The molecule has 1 N–H and O–H groups in total. The van der Waals surface area contributed by atoms with Crippen molar-refractivity contribution in [1.29, 1.82) is 0 Å². The fourth-order valence-electron chi connectivity index (χ4n) is 12.3. The molecule has 0 spiro atoms. The second kappa shape index (κ2) is 14.6. The monoisotopic (exact) mass is 924 g/mol. The molecule has 0 amide bonds. The van der Waals surface area contributed by atoms with Gasteiger partial charge in [0.2, 0.25) is 0 Å². The van der Waals surface area contributed by atoms with Crippen molar-refractivity contribution in [2.75, 3.05) is 5.32 Å². The number of nitrogens with one attached hydrogen (secondary N) is 1. The number of aryl methyl sites for hydroxylation is 1. The topological polar surface area (TPSA) is 47.9 Å². The lowest BCUT2D eigenvalue weighted by molar-refractivity contribution is 0.590. The fraction of sp³-hybridized carbons (Fsp3) is 0.246. The second-order valence-electron chi connectivity index (χ2n) is 24.2. The molecule has 0 saturated heterocycles. The van der Waals surface area contributed by atoms with Crippen LogP contribution in [0.2, 0.25) is 0 Å². The highest BCUT2D eigenvalue weighted by Gasteiger charge is 2.43. The first-order chi connectivity index (χ1) is 33.8. The van der Waals surface area contributed by atoms with Crippen LogP contribution < -0.4 is 16.2 Å². The van der Waals surface area contributed by atoms with Crippen molar-refractivity contribution in [1.82, 2.24) is 14.1 Å². The zero-order valence-corrected chi connectivity index (χ0v) is 43.2. The molecule has 350 valence electrons. The Morgan fingerprint density at radius 3 is 1.96 bits per heavy atom. The lowest BCUT2D eigenvalue weighted by Crippen LogP contribution is -2.38. The van der Waals surface area contributed by atoms with Gasteiger partial charge in [0.15, 0.2) is 7.28 Å². The number of benzene rings is 8. The number of furan rings is 1. The maximum atomic E-state index is 6.85. The van der Waals surface area contributed by atoms with Crippen LogP contribution in [0.25, 0.3) is 94.1 Å². The Bertz CT molecular complexity index is 4070. The number of nitrogens with zero attached hydrogens (tertiary/aromatic N) is 3. The van der Waals surface area contributed by atoms with Crippen LogP contribution in [0.4, 0.5) is 11.4 Å². The number of hydrogen-bond acceptors (Lipinski definition) is 3. The fourth-order valence-corrected chi connectivity index (χ4v) is 12.3. The van der Waals surface area contributed by atoms with E-state index < -0.39 is 0 Å². The first-order valence-electron chi connectivity index (χ1n) is 25.5. The van der Waals surface area contributed by atoms with Gasteiger partial charge in [-0.05, 0) is 121 Å². The van der Waals surface area contributed by atoms with Gasteiger partial charge in [-0.3, -0.25) is 0 Å². The summed E-state index contributed by atoms with van der Waals surface area (Å²) in [5.74, 6) is 0.970. The van der Waals surface area contributed by atoms with Crippen LogP contribution in [0.5, 0.6) is 0 Å². The predicted octanol–water partition coefficient (Wildman–Crippen LogP) is 15.5. The van der Waals surface area contributed by atoms with E-state index in [2.05, 4.69) is 237 Å². The molecule has 3 aromatic heterocycles. The minimum atomic E-state index is -0.337. The van der Waals surface area contributed by atoms with Crippen LogP contribution in [-0.4, -0.2) is 21.4 Å². The molecule has 0 saturated carbocycles. The average molecular weight is 925 g/mol. The SMILES string of the molecule is Cn1c(-c2ccccc2)nc2cc3c(cc21)-n1c2ccc(C(C)(C)C)cc2c2c4c(c(-c5cc6c(cc5Nc5ccc(C(C)(C)C)cc5)oc5ccc(C(C)(C)C)cc56)c(c21)B3)C(C)(C)c1ccccc1-4. The minimum Gasteiger partial charge on any atom is -0.456 e. The van der Waals surface area contributed by atoms with Gasteiger partial charge in [-0.1, -0.05) is 160 Å². The third-order valence-corrected chi connectivity index (χ3v) is 16.2. The van der Waals surface area contributed by atoms with Crippen LogP contribution in [0.1, 0.15) is 104 Å². The van der Waals surface area contributed by atoms with Crippen LogP contribution in [0.3, 0.4) is 0 Å². The molecule has 0 bridgehead atoms. The quantitative estimate of drug-likeness (QED) is 0.179. The van der Waals surface area contributed by atoms with E-state index >= 15 is 0 Å². The van der Waals surface area contributed by atoms with Crippen molar-refractivity contribution in [2.45, 2.75) is 97.8 Å². The molecular weight excluding hydrogens is 864 g/mol. The Morgan fingerprint density at radius 2 is 1.24 bits per heavy atom. The largest absolute Gasteiger partial charge is 0.456 e. The van der Waals surface area contributed by atoms with Crippen molar-refractivity contribution >= 4 is 84.4 Å². The number of aromatic nitrogens is 3. The van der Waals surface area contributed by atoms with Crippen molar-refractivity contribution in [3.63, 3.8) is 0 Å². The zero-order valence-electron chi connectivity index (χ0n) is 43.2. The molecule has 1 aliphatic carbocycles. The van der Waals surface area contributed by atoms with Crippen LogP contribution >= 0.6 is 0 Å². The van der Waals surface area contributed by atoms with Crippen LogP contribution in [0, 0.1) is 0 Å². The Labute approximate surface area is 417 Å². The summed E-state index contributed by atoms with van der Waals surface area (Å²) in [6.07, 6.45) is 0. The summed E-state index contributed by atoms with van der Waals surface area (Å²) in [6.45, 7) is 25.6. The number of fused-ring (bicyclic) bond motifs is 13. The van der Waals surface area contributed by atoms with Crippen LogP contribution in [0.15, 0.2) is 144 Å². The maximum absolute atomic E-state index is 6.85. The first kappa shape index (κ1) is 43.7. The molecule has 2 aliphatic rings. The highest BCUT2D eigenvalue weighted by atomic mass is 16.3. The summed E-state index contributed by atoms with van der Waals surface area (Å²) in [5, 5.41) is 8.94. The zero-order chi connectivity index (χ0) is 49.3. The van der Waals surface area contributed by atoms with Crippen molar-refractivity contribution in [3.8, 4) is 39.3 Å². The maximum Gasteiger partial charge on any atom is 0.198 e. The summed E-state index contributed by atoms with van der Waals surface area (Å²) in [4.78, 5) is 5.37. The molecule has 5 nitrogen and oxygen atoms in total. The van der Waals surface area contributed by atoms with Gasteiger partial charge in [-0.2, -0.15) is 0 Å². The van der Waals surface area contributed by atoms with Gasteiger partial charge in [-0.15, -0.1) is 0 Å². The predicted molar refractivity (Wildman–Crippen MR) is 303 cm³/mol. The highest BCUT2D eigenvalue weighted by Crippen LogP contribution is 2.57. The van der Waals surface area contributed by atoms with Gasteiger partial charge >= 0.3 is 0 Å². The molecule has 71 heavy (non-hydrogen) atoms. The van der Waals surface area contributed by atoms with Gasteiger partial charge in [0.05, 0.1) is 22.2 Å². The molecule has 11 aromatic rings. The van der Waals surface area contributed by atoms with Gasteiger partial charge in [0.1, 0.15) is 17.0 Å². The molecule has 0 atom stereocenters. The first-order valence-corrected chi connectivity index (χ1v) is 25.5. The Kier molecular flexibility index (Phi) is 9.01. The van der Waals surface area contributed by atoms with E-state index in [1.54, 1.807) is 0 Å². The molecule has 0 fully saturated rings. The molecule has 8 aromatic carbocycles. The summed E-state index contributed by atoms with van der Waals surface area (Å²) in [7, 11) is 2.91. The number of hydrogen-bond donors (Lipinski definition) is 1. The van der Waals surface area contributed by atoms with Crippen molar-refractivity contribution in [2.24, 2.45) is 7.05 Å². The summed E-state index contributed by atoms with van der Waals surface area (Å²) in [6, 6.07) is 52.4. The number of anilines is 2. The summed E-state index contributed by atoms with van der Waals surface area (Å²) >= 11 is 0. The molecular formula is C65H61BN4O. The highest BCUT2D eigenvalue weighted by molar-refractivity contribution is 6.74. The molecule has 1 aliphatic heterocycles. The normalized spacial score (nSPS) is 14.1. The molecule has 4 heterocycles. The van der Waals surface area contributed by atoms with Crippen molar-refractivity contribution in [3.05, 3.63) is 167 Å². The van der Waals surface area contributed by atoms with Crippen LogP contribution in [-0.2, 0) is 28.7 Å². The molecule has 0 radical (unpaired) electrons. The summed E-state index contributed by atoms with van der Waals surface area (Å²) in [5.41, 5.74) is 24.9. The second-order valence-corrected chi connectivity index (χ2v) is 24.2. The number of imidazole rings is 1. The van der Waals surface area contributed by atoms with E-state index in [1.165, 1.54) is 88.5 Å². The molecule has 6 heteroatoms. The lowest BCUT2D eigenvalue weighted by Gasteiger charge is -2.30. The van der Waals surface area contributed by atoms with E-state index in [1.807, 2.05) is 0 Å². The minimum absolute atomic E-state index is 0.0261. The van der Waals surface area contributed by atoms with E-state index in [9.17, 15) is 0 Å². The third-order valence-electron chi connectivity index (χ3n) is 16.2. The molecule has 13 rings (SSSR count). The average Bonchev–Trinajstić information content (AvgIpc) is 4.04. The van der Waals surface area contributed by atoms with Crippen molar-refractivity contribution < 1.29 is 4.42 Å². The lowest BCUT2D eigenvalue weighted by atomic mass is 9.57. The number of rotatable bonds is 4. The standard InChI is InChI=1S/C65H61BN4O/c1-62(2,3)37-22-26-40(27-23-37)67-48-34-54-43(42-30-39(64(7,8)9)25-29-53(42)71-54)32-44(48)57-58-55(41-20-16-17-21-46(41)65(58,10)11)56-45-31-38(63(4,5)6)24-28-50(45)70-51-35-52-49(33-47(51)66-59(57)60(56)70)68-61(69(52)12)36-18-14-13-15-19-36/h13-35,66-67H,1-12H3. The Balaban J connectivity index is 1.19. The van der Waals surface area contributed by atoms with E-state index in [-0.39, 0.29) is 21.7 Å². The van der Waals surface area contributed by atoms with E-state index in [0.29, 0.717) is 0 Å². The molecule has 0 unspecified atom stereocenters. The van der Waals surface area contributed by atoms with Gasteiger partial charge in [0.25, 0.3) is 0 Å². The van der Waals surface area contributed by atoms with E-state index in [0.717, 1.165) is 63.0 Å². The van der Waals surface area contributed by atoms with Gasteiger partial charge < -0.3 is 18.9 Å². The van der Waals surface area contributed by atoms with Gasteiger partial charge in [0, 0.05) is 68.1 Å². The Hall–Kier alpha value is -7.31.